The molecule has 1 aliphatic heterocycles. The van der Waals surface area contributed by atoms with Crippen LogP contribution in [-0.2, 0) is 4.74 Å². The van der Waals surface area contributed by atoms with E-state index in [-0.39, 0.29) is 0 Å². The van der Waals surface area contributed by atoms with Crippen LogP contribution in [-0.4, -0.2) is 30.3 Å². The van der Waals surface area contributed by atoms with E-state index in [1.165, 1.54) is 0 Å². The number of carbonyl (C=O) groups is 1. The number of rotatable bonds is 1. The number of nitrogens with zero attached hydrogens (tertiary/aromatic N) is 1. The van der Waals surface area contributed by atoms with E-state index in [0.717, 1.165) is 13.1 Å². The van der Waals surface area contributed by atoms with Gasteiger partial charge in [-0.2, -0.15) is 5.26 Å². The molecule has 0 aromatic rings. The van der Waals surface area contributed by atoms with Crippen molar-refractivity contribution < 1.29 is 9.53 Å². The molecule has 0 saturated carbocycles. The molecule has 2 N–H and O–H groups in total. The predicted molar refractivity (Wildman–Crippen MR) is 59.8 cm³/mol. The van der Waals surface area contributed by atoms with Crippen molar-refractivity contribution in [2.24, 2.45) is 0 Å². The average Bonchev–Trinajstić information content (AvgIpc) is 2.16. The SMILES string of the molecule is CC(C)(C)OC(=O)NC1(C#N)CCNCC1. The zero-order valence-electron chi connectivity index (χ0n) is 10.1. The molecule has 5 heteroatoms. The van der Waals surface area contributed by atoms with Crippen LogP contribution in [0.2, 0.25) is 0 Å². The van der Waals surface area contributed by atoms with Gasteiger partial charge < -0.3 is 15.4 Å². The van der Waals surface area contributed by atoms with Crippen molar-refractivity contribution in [3.63, 3.8) is 0 Å². The number of hydrogen-bond acceptors (Lipinski definition) is 4. The molecule has 16 heavy (non-hydrogen) atoms. The molecule has 1 amide bonds. The van der Waals surface area contributed by atoms with Gasteiger partial charge in [-0.3, -0.25) is 0 Å². The van der Waals surface area contributed by atoms with Gasteiger partial charge >= 0.3 is 6.09 Å². The van der Waals surface area contributed by atoms with Crippen LogP contribution in [0.5, 0.6) is 0 Å². The van der Waals surface area contributed by atoms with Crippen molar-refractivity contribution in [2.45, 2.75) is 44.8 Å². The molecule has 1 rings (SSSR count). The van der Waals surface area contributed by atoms with Crippen LogP contribution in [0, 0.1) is 11.3 Å². The lowest BCUT2D eigenvalue weighted by molar-refractivity contribution is 0.0465. The first-order valence-corrected chi connectivity index (χ1v) is 5.50. The van der Waals surface area contributed by atoms with Crippen molar-refractivity contribution in [1.29, 1.82) is 5.26 Å². The van der Waals surface area contributed by atoms with Crippen molar-refractivity contribution in [3.8, 4) is 6.07 Å². The Bertz CT molecular complexity index is 295. The summed E-state index contributed by atoms with van der Waals surface area (Å²) >= 11 is 0. The van der Waals surface area contributed by atoms with Crippen LogP contribution in [0.3, 0.4) is 0 Å². The van der Waals surface area contributed by atoms with Gasteiger partial charge in [0.05, 0.1) is 6.07 Å². The highest BCUT2D eigenvalue weighted by atomic mass is 16.6. The van der Waals surface area contributed by atoms with Crippen molar-refractivity contribution in [1.82, 2.24) is 10.6 Å². The molecular formula is C11H19N3O2. The second-order valence-corrected chi connectivity index (χ2v) is 5.07. The third kappa shape index (κ3) is 3.70. The molecule has 0 bridgehead atoms. The highest BCUT2D eigenvalue weighted by Gasteiger charge is 2.35. The van der Waals surface area contributed by atoms with Crippen LogP contribution in [0.15, 0.2) is 0 Å². The molecule has 90 valence electrons. The van der Waals surface area contributed by atoms with Gasteiger partial charge in [0.1, 0.15) is 11.1 Å². The summed E-state index contributed by atoms with van der Waals surface area (Å²) in [6.45, 7) is 6.88. The molecule has 0 unspecified atom stereocenters. The fourth-order valence-electron chi connectivity index (χ4n) is 1.62. The summed E-state index contributed by atoms with van der Waals surface area (Å²) in [7, 11) is 0. The molecule has 1 aliphatic rings. The number of piperidine rings is 1. The van der Waals surface area contributed by atoms with Crippen LogP contribution >= 0.6 is 0 Å². The maximum atomic E-state index is 11.6. The molecule has 1 fully saturated rings. The summed E-state index contributed by atoms with van der Waals surface area (Å²) in [5.74, 6) is 0. The molecule has 0 aliphatic carbocycles. The molecular weight excluding hydrogens is 206 g/mol. The van der Waals surface area contributed by atoms with Crippen LogP contribution < -0.4 is 10.6 Å². The zero-order chi connectivity index (χ0) is 12.2. The van der Waals surface area contributed by atoms with Gasteiger partial charge in [0.2, 0.25) is 0 Å². The van der Waals surface area contributed by atoms with Crippen LogP contribution in [0.4, 0.5) is 4.79 Å². The smallest absolute Gasteiger partial charge is 0.408 e. The molecule has 1 heterocycles. The van der Waals surface area contributed by atoms with E-state index in [1.54, 1.807) is 20.8 Å². The zero-order valence-corrected chi connectivity index (χ0v) is 10.1. The van der Waals surface area contributed by atoms with E-state index in [1.807, 2.05) is 0 Å². The van der Waals surface area contributed by atoms with Gasteiger partial charge in [0.25, 0.3) is 0 Å². The fraction of sp³-hybridized carbons (Fsp3) is 0.818. The minimum Gasteiger partial charge on any atom is -0.444 e. The van der Waals surface area contributed by atoms with E-state index in [9.17, 15) is 4.79 Å². The first kappa shape index (κ1) is 12.8. The highest BCUT2D eigenvalue weighted by Crippen LogP contribution is 2.18. The Morgan fingerprint density at radius 1 is 1.44 bits per heavy atom. The lowest BCUT2D eigenvalue weighted by Crippen LogP contribution is -2.54. The largest absolute Gasteiger partial charge is 0.444 e. The van der Waals surface area contributed by atoms with E-state index < -0.39 is 17.2 Å². The van der Waals surface area contributed by atoms with Crippen molar-refractivity contribution in [3.05, 3.63) is 0 Å². The van der Waals surface area contributed by atoms with Gasteiger partial charge in [0, 0.05) is 0 Å². The first-order chi connectivity index (χ1) is 7.37. The maximum Gasteiger partial charge on any atom is 0.408 e. The van der Waals surface area contributed by atoms with Gasteiger partial charge in [-0.1, -0.05) is 0 Å². The molecule has 0 spiro atoms. The molecule has 0 aromatic heterocycles. The van der Waals surface area contributed by atoms with Gasteiger partial charge in [0.15, 0.2) is 0 Å². The molecule has 5 nitrogen and oxygen atoms in total. The minimum atomic E-state index is -0.770. The Kier molecular flexibility index (Phi) is 3.76. The number of carbonyl (C=O) groups excluding carboxylic acids is 1. The van der Waals surface area contributed by atoms with E-state index in [2.05, 4.69) is 16.7 Å². The third-order valence-electron chi connectivity index (χ3n) is 2.41. The fourth-order valence-corrected chi connectivity index (χ4v) is 1.62. The van der Waals surface area contributed by atoms with Crippen LogP contribution in [0.1, 0.15) is 33.6 Å². The predicted octanol–water partition coefficient (Wildman–Crippen LogP) is 1.16. The van der Waals surface area contributed by atoms with Gasteiger partial charge in [-0.05, 0) is 46.7 Å². The summed E-state index contributed by atoms with van der Waals surface area (Å²) in [5.41, 5.74) is -1.30. The number of alkyl carbamates (subject to hydrolysis) is 1. The standard InChI is InChI=1S/C11H19N3O2/c1-10(2,3)16-9(15)14-11(8-12)4-6-13-7-5-11/h13H,4-7H2,1-3H3,(H,14,15). The Hall–Kier alpha value is -1.28. The second-order valence-electron chi connectivity index (χ2n) is 5.07. The first-order valence-electron chi connectivity index (χ1n) is 5.50. The van der Waals surface area contributed by atoms with Crippen LogP contribution in [0.25, 0.3) is 0 Å². The second kappa shape index (κ2) is 4.71. The number of nitrogens with one attached hydrogen (secondary N) is 2. The molecule has 0 atom stereocenters. The average molecular weight is 225 g/mol. The summed E-state index contributed by atoms with van der Waals surface area (Å²) in [5, 5.41) is 15.0. The summed E-state index contributed by atoms with van der Waals surface area (Å²) < 4.78 is 5.15. The van der Waals surface area contributed by atoms with Gasteiger partial charge in [-0.25, -0.2) is 4.79 Å². The monoisotopic (exact) mass is 225 g/mol. The quantitative estimate of drug-likeness (QED) is 0.702. The summed E-state index contributed by atoms with van der Waals surface area (Å²) in [6.07, 6.45) is 0.710. The summed E-state index contributed by atoms with van der Waals surface area (Å²) in [6, 6.07) is 2.18. The number of nitriles is 1. The van der Waals surface area contributed by atoms with E-state index in [0.29, 0.717) is 12.8 Å². The Morgan fingerprint density at radius 2 is 2.00 bits per heavy atom. The number of hydrogen-bond donors (Lipinski definition) is 2. The van der Waals surface area contributed by atoms with Crippen molar-refractivity contribution >= 4 is 6.09 Å². The number of ether oxygens (including phenoxy) is 1. The van der Waals surface area contributed by atoms with E-state index in [4.69, 9.17) is 10.00 Å². The lowest BCUT2D eigenvalue weighted by atomic mass is 9.90. The summed E-state index contributed by atoms with van der Waals surface area (Å²) in [4.78, 5) is 11.6. The number of amides is 1. The molecule has 0 radical (unpaired) electrons. The van der Waals surface area contributed by atoms with Gasteiger partial charge in [-0.15, -0.1) is 0 Å². The van der Waals surface area contributed by atoms with Crippen molar-refractivity contribution in [2.75, 3.05) is 13.1 Å². The van der Waals surface area contributed by atoms with E-state index >= 15 is 0 Å². The maximum absolute atomic E-state index is 11.6. The topological polar surface area (TPSA) is 74.1 Å². The molecule has 0 aromatic carbocycles. The lowest BCUT2D eigenvalue weighted by Gasteiger charge is -2.32. The molecule has 1 saturated heterocycles. The third-order valence-corrected chi connectivity index (χ3v) is 2.41. The normalized spacial score (nSPS) is 19.6. The Balaban J connectivity index is 2.57. The highest BCUT2D eigenvalue weighted by molar-refractivity contribution is 5.69. The minimum absolute atomic E-state index is 0.518. The Labute approximate surface area is 96.2 Å². The Morgan fingerprint density at radius 3 is 2.44 bits per heavy atom.